The summed E-state index contributed by atoms with van der Waals surface area (Å²) < 4.78 is 10.5. The largest absolute Gasteiger partial charge is 0.497 e. The minimum atomic E-state index is -0.596. The third kappa shape index (κ3) is 2.06. The zero-order chi connectivity index (χ0) is 13.2. The summed E-state index contributed by atoms with van der Waals surface area (Å²) in [7, 11) is 3.22. The van der Waals surface area contributed by atoms with E-state index in [1.807, 2.05) is 18.2 Å². The molecule has 1 aliphatic carbocycles. The summed E-state index contributed by atoms with van der Waals surface area (Å²) in [5, 5.41) is 10.6. The van der Waals surface area contributed by atoms with Gasteiger partial charge in [0, 0.05) is 17.5 Å². The van der Waals surface area contributed by atoms with Crippen molar-refractivity contribution >= 4 is 0 Å². The van der Waals surface area contributed by atoms with Crippen molar-refractivity contribution in [1.29, 1.82) is 0 Å². The van der Waals surface area contributed by atoms with Crippen molar-refractivity contribution in [2.45, 2.75) is 25.4 Å². The van der Waals surface area contributed by atoms with E-state index in [4.69, 9.17) is 15.2 Å². The second-order valence-corrected chi connectivity index (χ2v) is 4.93. The normalized spacial score (nSPS) is 18.9. The number of hydrogen-bond acceptors (Lipinski definition) is 4. The molecule has 1 fully saturated rings. The highest BCUT2D eigenvalue weighted by molar-refractivity contribution is 5.42. The van der Waals surface area contributed by atoms with Crippen molar-refractivity contribution in [3.63, 3.8) is 0 Å². The van der Waals surface area contributed by atoms with E-state index in [9.17, 15) is 5.11 Å². The number of rotatable bonds is 5. The summed E-state index contributed by atoms with van der Waals surface area (Å²) >= 11 is 0. The first-order chi connectivity index (χ1) is 8.66. The number of hydrogen-bond donors (Lipinski definition) is 2. The van der Waals surface area contributed by atoms with Crippen LogP contribution >= 0.6 is 0 Å². The average Bonchev–Trinajstić information content (AvgIpc) is 2.37. The van der Waals surface area contributed by atoms with E-state index >= 15 is 0 Å². The maximum absolute atomic E-state index is 10.6. The summed E-state index contributed by atoms with van der Waals surface area (Å²) in [6.45, 7) is 0.495. The first-order valence-corrected chi connectivity index (χ1v) is 6.27. The van der Waals surface area contributed by atoms with Gasteiger partial charge in [-0.1, -0.05) is 6.42 Å². The Morgan fingerprint density at radius 1 is 1.33 bits per heavy atom. The van der Waals surface area contributed by atoms with Crippen LogP contribution in [0.3, 0.4) is 0 Å². The highest BCUT2D eigenvalue weighted by Crippen LogP contribution is 2.51. The van der Waals surface area contributed by atoms with Gasteiger partial charge in [-0.3, -0.25) is 0 Å². The lowest BCUT2D eigenvalue weighted by atomic mass is 9.63. The first kappa shape index (κ1) is 13.2. The van der Waals surface area contributed by atoms with E-state index in [1.54, 1.807) is 14.2 Å². The van der Waals surface area contributed by atoms with Crippen LogP contribution in [0.15, 0.2) is 18.2 Å². The number of ether oxygens (including phenoxy) is 2. The molecule has 0 amide bonds. The van der Waals surface area contributed by atoms with Gasteiger partial charge in [-0.2, -0.15) is 0 Å². The number of nitrogens with two attached hydrogens (primary N) is 1. The molecule has 4 heteroatoms. The Kier molecular flexibility index (Phi) is 3.78. The van der Waals surface area contributed by atoms with E-state index in [1.165, 1.54) is 0 Å². The predicted molar refractivity (Wildman–Crippen MR) is 69.8 cm³/mol. The van der Waals surface area contributed by atoms with Gasteiger partial charge in [0.15, 0.2) is 0 Å². The molecular weight excluding hydrogens is 230 g/mol. The molecule has 0 radical (unpaired) electrons. The molecule has 1 aliphatic rings. The summed E-state index contributed by atoms with van der Waals surface area (Å²) in [5.74, 6) is 1.40. The zero-order valence-electron chi connectivity index (χ0n) is 11.0. The van der Waals surface area contributed by atoms with Crippen LogP contribution in [-0.4, -0.2) is 25.9 Å². The van der Waals surface area contributed by atoms with Crippen molar-refractivity contribution in [1.82, 2.24) is 0 Å². The van der Waals surface area contributed by atoms with Crippen molar-refractivity contribution in [2.75, 3.05) is 20.8 Å². The molecule has 1 aromatic carbocycles. The Morgan fingerprint density at radius 3 is 2.50 bits per heavy atom. The Labute approximate surface area is 108 Å². The molecule has 1 saturated carbocycles. The van der Waals surface area contributed by atoms with Gasteiger partial charge in [0.25, 0.3) is 0 Å². The molecule has 0 spiro atoms. The zero-order valence-corrected chi connectivity index (χ0v) is 11.0. The fourth-order valence-electron chi connectivity index (χ4n) is 2.60. The Hall–Kier alpha value is -1.26. The maximum Gasteiger partial charge on any atom is 0.124 e. The highest BCUT2D eigenvalue weighted by Gasteiger charge is 2.44. The Morgan fingerprint density at radius 2 is 2.06 bits per heavy atom. The first-order valence-electron chi connectivity index (χ1n) is 6.27. The SMILES string of the molecule is COc1ccc(OC)c(C(O)C2(CN)CCC2)c1. The van der Waals surface area contributed by atoms with Gasteiger partial charge in [0.1, 0.15) is 11.5 Å². The second-order valence-electron chi connectivity index (χ2n) is 4.93. The van der Waals surface area contributed by atoms with Crippen LogP contribution in [0, 0.1) is 5.41 Å². The number of benzene rings is 1. The molecule has 0 aromatic heterocycles. The van der Waals surface area contributed by atoms with Gasteiger partial charge < -0.3 is 20.3 Å². The molecule has 0 bridgehead atoms. The van der Waals surface area contributed by atoms with E-state index < -0.39 is 6.10 Å². The number of methoxy groups -OCH3 is 2. The molecule has 4 nitrogen and oxygen atoms in total. The van der Waals surface area contributed by atoms with Crippen LogP contribution in [0.5, 0.6) is 11.5 Å². The summed E-state index contributed by atoms with van der Waals surface area (Å²) in [4.78, 5) is 0. The fourth-order valence-corrected chi connectivity index (χ4v) is 2.60. The van der Waals surface area contributed by atoms with Gasteiger partial charge in [-0.15, -0.1) is 0 Å². The molecule has 1 unspecified atom stereocenters. The van der Waals surface area contributed by atoms with Gasteiger partial charge >= 0.3 is 0 Å². The van der Waals surface area contributed by atoms with E-state index in [0.717, 1.165) is 30.6 Å². The highest BCUT2D eigenvalue weighted by atomic mass is 16.5. The van der Waals surface area contributed by atoms with Crippen molar-refractivity contribution in [3.05, 3.63) is 23.8 Å². The van der Waals surface area contributed by atoms with Crippen LogP contribution < -0.4 is 15.2 Å². The lowest BCUT2D eigenvalue weighted by molar-refractivity contribution is -0.0309. The third-order valence-electron chi connectivity index (χ3n) is 4.07. The molecule has 1 atom stereocenters. The van der Waals surface area contributed by atoms with Crippen molar-refractivity contribution in [2.24, 2.45) is 11.1 Å². The smallest absolute Gasteiger partial charge is 0.124 e. The standard InChI is InChI=1S/C14H21NO3/c1-17-10-4-5-12(18-2)11(8-10)13(16)14(9-15)6-3-7-14/h4-5,8,13,16H,3,6-7,9,15H2,1-2H3. The molecule has 2 rings (SSSR count). The summed E-state index contributed by atoms with van der Waals surface area (Å²) in [6, 6.07) is 5.48. The van der Waals surface area contributed by atoms with Crippen molar-refractivity contribution < 1.29 is 14.6 Å². The van der Waals surface area contributed by atoms with Crippen LogP contribution in [0.4, 0.5) is 0 Å². The Bertz CT molecular complexity index is 410. The van der Waals surface area contributed by atoms with E-state index in [0.29, 0.717) is 12.3 Å². The molecule has 0 aliphatic heterocycles. The maximum atomic E-state index is 10.6. The summed E-state index contributed by atoms with van der Waals surface area (Å²) in [5.41, 5.74) is 6.41. The van der Waals surface area contributed by atoms with Gasteiger partial charge in [0.2, 0.25) is 0 Å². The quantitative estimate of drug-likeness (QED) is 0.838. The topological polar surface area (TPSA) is 64.7 Å². The molecule has 100 valence electrons. The lowest BCUT2D eigenvalue weighted by Gasteiger charge is -2.45. The molecule has 3 N–H and O–H groups in total. The van der Waals surface area contributed by atoms with Crippen molar-refractivity contribution in [3.8, 4) is 11.5 Å². The number of aliphatic hydroxyl groups is 1. The van der Waals surface area contributed by atoms with Gasteiger partial charge in [-0.05, 0) is 31.0 Å². The molecular formula is C14H21NO3. The second kappa shape index (κ2) is 5.16. The Balaban J connectivity index is 2.35. The average molecular weight is 251 g/mol. The van der Waals surface area contributed by atoms with Gasteiger partial charge in [-0.25, -0.2) is 0 Å². The molecule has 18 heavy (non-hydrogen) atoms. The minimum Gasteiger partial charge on any atom is -0.497 e. The third-order valence-corrected chi connectivity index (χ3v) is 4.07. The van der Waals surface area contributed by atoms with E-state index in [2.05, 4.69) is 0 Å². The van der Waals surface area contributed by atoms with Crippen LogP contribution in [-0.2, 0) is 0 Å². The van der Waals surface area contributed by atoms with Crippen LogP contribution in [0.1, 0.15) is 30.9 Å². The number of aliphatic hydroxyl groups excluding tert-OH is 1. The summed E-state index contributed by atoms with van der Waals surface area (Å²) in [6.07, 6.45) is 2.46. The van der Waals surface area contributed by atoms with Crippen LogP contribution in [0.25, 0.3) is 0 Å². The van der Waals surface area contributed by atoms with Gasteiger partial charge in [0.05, 0.1) is 20.3 Å². The van der Waals surface area contributed by atoms with E-state index in [-0.39, 0.29) is 5.41 Å². The predicted octanol–water partition coefficient (Wildman–Crippen LogP) is 1.87. The fraction of sp³-hybridized carbons (Fsp3) is 0.571. The molecule has 0 saturated heterocycles. The van der Waals surface area contributed by atoms with Crippen LogP contribution in [0.2, 0.25) is 0 Å². The molecule has 0 heterocycles. The monoisotopic (exact) mass is 251 g/mol. The minimum absolute atomic E-state index is 0.195. The molecule has 1 aromatic rings. The lowest BCUT2D eigenvalue weighted by Crippen LogP contribution is -2.42.